The number of halogens is 1. The molecule has 2 N–H and O–H groups in total. The number of H-pyrrole nitrogens is 1. The van der Waals surface area contributed by atoms with Crippen LogP contribution in [0.2, 0.25) is 5.02 Å². The number of aromatic nitrogens is 1. The maximum atomic E-state index is 6.01. The van der Waals surface area contributed by atoms with Crippen LogP contribution in [0, 0.1) is 0 Å². The largest absolute Gasteiger partial charge is 0.361 e. The van der Waals surface area contributed by atoms with E-state index in [0.29, 0.717) is 6.04 Å². The van der Waals surface area contributed by atoms with Gasteiger partial charge in [0.15, 0.2) is 0 Å². The number of likely N-dealkylation sites (N-methyl/N-ethyl adjacent to an activating group) is 1. The molecule has 2 aromatic rings. The Balaban J connectivity index is 1.60. The number of rotatable bonds is 5. The summed E-state index contributed by atoms with van der Waals surface area (Å²) in [5.41, 5.74) is 2.43. The van der Waals surface area contributed by atoms with Crippen LogP contribution in [0.25, 0.3) is 10.9 Å². The highest BCUT2D eigenvalue weighted by molar-refractivity contribution is 6.31. The zero-order valence-electron chi connectivity index (χ0n) is 12.0. The van der Waals surface area contributed by atoms with E-state index in [-0.39, 0.29) is 0 Å². The molecule has 1 aliphatic rings. The second-order valence-electron chi connectivity index (χ2n) is 5.56. The van der Waals surface area contributed by atoms with Gasteiger partial charge in [0.05, 0.1) is 0 Å². The number of aromatic amines is 1. The molecule has 1 aliphatic heterocycles. The van der Waals surface area contributed by atoms with Gasteiger partial charge in [0.25, 0.3) is 0 Å². The first-order valence-electron chi connectivity index (χ1n) is 7.48. The average molecular weight is 292 g/mol. The predicted octanol–water partition coefficient (Wildman–Crippen LogP) is 3.40. The summed E-state index contributed by atoms with van der Waals surface area (Å²) in [6.45, 7) is 6.66. The first-order valence-corrected chi connectivity index (χ1v) is 7.86. The third-order valence-electron chi connectivity index (χ3n) is 4.33. The van der Waals surface area contributed by atoms with Crippen molar-refractivity contribution in [1.29, 1.82) is 0 Å². The van der Waals surface area contributed by atoms with E-state index in [1.807, 2.05) is 12.1 Å². The van der Waals surface area contributed by atoms with Crippen LogP contribution in [0.5, 0.6) is 0 Å². The number of likely N-dealkylation sites (tertiary alicyclic amines) is 1. The summed E-state index contributed by atoms with van der Waals surface area (Å²) in [5, 5.41) is 5.65. The van der Waals surface area contributed by atoms with Crippen molar-refractivity contribution in [2.24, 2.45) is 0 Å². The summed E-state index contributed by atoms with van der Waals surface area (Å²) in [6, 6.07) is 6.74. The van der Waals surface area contributed by atoms with Gasteiger partial charge in [-0.15, -0.1) is 0 Å². The molecule has 3 rings (SSSR count). The fourth-order valence-corrected chi connectivity index (χ4v) is 3.39. The molecule has 4 heteroatoms. The number of hydrogen-bond donors (Lipinski definition) is 2. The Morgan fingerprint density at radius 1 is 1.45 bits per heavy atom. The topological polar surface area (TPSA) is 31.1 Å². The fourth-order valence-electron chi connectivity index (χ4n) is 3.22. The van der Waals surface area contributed by atoms with Gasteiger partial charge < -0.3 is 10.3 Å². The Kier molecular flexibility index (Phi) is 4.29. The number of hydrogen-bond acceptors (Lipinski definition) is 2. The Hall–Kier alpha value is -1.03. The van der Waals surface area contributed by atoms with Gasteiger partial charge in [0.1, 0.15) is 0 Å². The fraction of sp³-hybridized carbons (Fsp3) is 0.500. The lowest BCUT2D eigenvalue weighted by Gasteiger charge is -2.22. The number of nitrogens with one attached hydrogen (secondary N) is 2. The van der Waals surface area contributed by atoms with Gasteiger partial charge in [0.2, 0.25) is 0 Å². The molecule has 1 aromatic heterocycles. The second-order valence-corrected chi connectivity index (χ2v) is 6.00. The predicted molar refractivity (Wildman–Crippen MR) is 85.3 cm³/mol. The van der Waals surface area contributed by atoms with E-state index in [2.05, 4.69) is 34.4 Å². The van der Waals surface area contributed by atoms with E-state index in [1.54, 1.807) is 0 Å². The van der Waals surface area contributed by atoms with Crippen LogP contribution in [0.1, 0.15) is 25.3 Å². The maximum Gasteiger partial charge on any atom is 0.0472 e. The summed E-state index contributed by atoms with van der Waals surface area (Å²) in [7, 11) is 0. The highest BCUT2D eigenvalue weighted by Crippen LogP contribution is 2.22. The third kappa shape index (κ3) is 2.85. The summed E-state index contributed by atoms with van der Waals surface area (Å²) in [4.78, 5) is 5.86. The van der Waals surface area contributed by atoms with E-state index in [0.717, 1.165) is 30.2 Å². The molecule has 1 unspecified atom stereocenters. The molecule has 0 aliphatic carbocycles. The molecule has 1 aromatic carbocycles. The Bertz CT molecular complexity index is 578. The minimum absolute atomic E-state index is 0.708. The SMILES string of the molecule is CCN1CCCC1CNCc1c[nH]c2cc(Cl)ccc12. The lowest BCUT2D eigenvalue weighted by Crippen LogP contribution is -2.37. The van der Waals surface area contributed by atoms with Gasteiger partial charge in [-0.05, 0) is 43.6 Å². The van der Waals surface area contributed by atoms with Crippen LogP contribution >= 0.6 is 11.6 Å². The molecular weight excluding hydrogens is 270 g/mol. The standard InChI is InChI=1S/C16H22ClN3/c1-2-20-7-3-4-14(20)11-18-9-12-10-19-16-8-13(17)5-6-15(12)16/h5-6,8,10,14,18-19H,2-4,7,9,11H2,1H3. The zero-order chi connectivity index (χ0) is 13.9. The van der Waals surface area contributed by atoms with Gasteiger partial charge in [-0.1, -0.05) is 24.6 Å². The Labute approximate surface area is 125 Å². The van der Waals surface area contributed by atoms with E-state index >= 15 is 0 Å². The first-order chi connectivity index (χ1) is 9.78. The van der Waals surface area contributed by atoms with Gasteiger partial charge in [-0.2, -0.15) is 0 Å². The molecule has 20 heavy (non-hydrogen) atoms. The van der Waals surface area contributed by atoms with E-state index < -0.39 is 0 Å². The molecule has 0 spiro atoms. The normalized spacial score (nSPS) is 20.0. The molecule has 0 bridgehead atoms. The number of fused-ring (bicyclic) bond motifs is 1. The van der Waals surface area contributed by atoms with Crippen molar-refractivity contribution in [1.82, 2.24) is 15.2 Å². The molecule has 1 atom stereocenters. The summed E-state index contributed by atoms with van der Waals surface area (Å²) in [6.07, 6.45) is 4.75. The smallest absolute Gasteiger partial charge is 0.0472 e. The highest BCUT2D eigenvalue weighted by atomic mass is 35.5. The van der Waals surface area contributed by atoms with Crippen LogP contribution in [0.15, 0.2) is 24.4 Å². The molecule has 0 amide bonds. The number of benzene rings is 1. The van der Waals surface area contributed by atoms with Crippen molar-refractivity contribution < 1.29 is 0 Å². The van der Waals surface area contributed by atoms with Gasteiger partial charge in [-0.25, -0.2) is 0 Å². The molecule has 1 fully saturated rings. The van der Waals surface area contributed by atoms with Crippen molar-refractivity contribution in [3.8, 4) is 0 Å². The quantitative estimate of drug-likeness (QED) is 0.885. The lowest BCUT2D eigenvalue weighted by atomic mass is 10.1. The third-order valence-corrected chi connectivity index (χ3v) is 4.57. The molecule has 0 radical (unpaired) electrons. The van der Waals surface area contributed by atoms with Crippen molar-refractivity contribution in [3.05, 3.63) is 35.0 Å². The molecule has 108 valence electrons. The molecular formula is C16H22ClN3. The lowest BCUT2D eigenvalue weighted by molar-refractivity contribution is 0.260. The summed E-state index contributed by atoms with van der Waals surface area (Å²) >= 11 is 6.01. The van der Waals surface area contributed by atoms with E-state index in [1.165, 1.54) is 30.3 Å². The average Bonchev–Trinajstić information content (AvgIpc) is 3.05. The van der Waals surface area contributed by atoms with Crippen molar-refractivity contribution >= 4 is 22.5 Å². The monoisotopic (exact) mass is 291 g/mol. The zero-order valence-corrected chi connectivity index (χ0v) is 12.7. The highest BCUT2D eigenvalue weighted by Gasteiger charge is 2.22. The molecule has 3 nitrogen and oxygen atoms in total. The first kappa shape index (κ1) is 13.9. The van der Waals surface area contributed by atoms with Gasteiger partial charge in [0, 0.05) is 41.3 Å². The van der Waals surface area contributed by atoms with Crippen LogP contribution < -0.4 is 5.32 Å². The van der Waals surface area contributed by atoms with Crippen LogP contribution in [0.3, 0.4) is 0 Å². The molecule has 2 heterocycles. The van der Waals surface area contributed by atoms with Crippen molar-refractivity contribution in [2.75, 3.05) is 19.6 Å². The van der Waals surface area contributed by atoms with Crippen LogP contribution in [-0.2, 0) is 6.54 Å². The number of nitrogens with zero attached hydrogens (tertiary/aromatic N) is 1. The van der Waals surface area contributed by atoms with Gasteiger partial charge >= 0.3 is 0 Å². The van der Waals surface area contributed by atoms with Crippen molar-refractivity contribution in [3.63, 3.8) is 0 Å². The van der Waals surface area contributed by atoms with E-state index in [9.17, 15) is 0 Å². The Morgan fingerprint density at radius 2 is 2.35 bits per heavy atom. The van der Waals surface area contributed by atoms with Crippen LogP contribution in [0.4, 0.5) is 0 Å². The minimum Gasteiger partial charge on any atom is -0.361 e. The Morgan fingerprint density at radius 3 is 3.20 bits per heavy atom. The minimum atomic E-state index is 0.708. The maximum absolute atomic E-state index is 6.01. The van der Waals surface area contributed by atoms with E-state index in [4.69, 9.17) is 11.6 Å². The molecule has 0 saturated carbocycles. The van der Waals surface area contributed by atoms with Gasteiger partial charge in [-0.3, -0.25) is 4.90 Å². The second kappa shape index (κ2) is 6.17. The summed E-state index contributed by atoms with van der Waals surface area (Å²) < 4.78 is 0. The molecule has 1 saturated heterocycles. The van der Waals surface area contributed by atoms with Crippen LogP contribution in [-0.4, -0.2) is 35.6 Å². The van der Waals surface area contributed by atoms with Crippen molar-refractivity contribution in [2.45, 2.75) is 32.4 Å². The summed E-state index contributed by atoms with van der Waals surface area (Å²) in [5.74, 6) is 0.